The monoisotopic (exact) mass is 239 g/mol. The van der Waals surface area contributed by atoms with Crippen LogP contribution in [-0.4, -0.2) is 43.3 Å². The number of amides is 1. The third kappa shape index (κ3) is 2.71. The molecule has 1 aromatic heterocycles. The first-order valence-electron chi connectivity index (χ1n) is 5.40. The Morgan fingerprint density at radius 3 is 2.94 bits per heavy atom. The lowest BCUT2D eigenvalue weighted by molar-refractivity contribution is 0.0957. The zero-order valence-electron chi connectivity index (χ0n) is 9.44. The Hall–Kier alpha value is -1.69. The minimum atomic E-state index is -1.01. The van der Waals surface area contributed by atoms with Crippen molar-refractivity contribution < 1.29 is 13.9 Å². The van der Waals surface area contributed by atoms with Crippen LogP contribution in [0.5, 0.6) is 5.75 Å². The van der Waals surface area contributed by atoms with E-state index in [4.69, 9.17) is 4.74 Å². The highest BCUT2D eigenvalue weighted by Crippen LogP contribution is 2.16. The smallest absolute Gasteiger partial charge is 0.269 e. The van der Waals surface area contributed by atoms with Gasteiger partial charge in [-0.1, -0.05) is 0 Å². The van der Waals surface area contributed by atoms with Crippen LogP contribution in [0.1, 0.15) is 10.5 Å². The Morgan fingerprint density at radius 2 is 2.41 bits per heavy atom. The fraction of sp³-hybridized carbons (Fsp3) is 0.455. The Balaban J connectivity index is 2.00. The van der Waals surface area contributed by atoms with Crippen molar-refractivity contribution in [2.24, 2.45) is 0 Å². The minimum Gasteiger partial charge on any atom is -0.484 e. The molecule has 0 aromatic carbocycles. The van der Waals surface area contributed by atoms with Crippen LogP contribution in [-0.2, 0) is 0 Å². The van der Waals surface area contributed by atoms with Crippen molar-refractivity contribution in [1.82, 2.24) is 15.6 Å². The van der Waals surface area contributed by atoms with Crippen molar-refractivity contribution in [3.05, 3.63) is 24.0 Å². The van der Waals surface area contributed by atoms with E-state index in [0.29, 0.717) is 24.5 Å². The third-order valence-electron chi connectivity index (χ3n) is 2.57. The maximum absolute atomic E-state index is 13.3. The molecule has 0 spiro atoms. The van der Waals surface area contributed by atoms with Gasteiger partial charge in [-0.25, -0.2) is 9.37 Å². The molecular weight excluding hydrogens is 225 g/mol. The Kier molecular flexibility index (Phi) is 3.53. The summed E-state index contributed by atoms with van der Waals surface area (Å²) in [6, 6.07) is 3.16. The average Bonchev–Trinajstić information content (AvgIpc) is 2.75. The van der Waals surface area contributed by atoms with Crippen LogP contribution in [0, 0.1) is 0 Å². The summed E-state index contributed by atoms with van der Waals surface area (Å²) in [6.07, 6.45) is -0.0634. The zero-order valence-corrected chi connectivity index (χ0v) is 9.44. The fourth-order valence-electron chi connectivity index (χ4n) is 1.63. The van der Waals surface area contributed by atoms with Crippen LogP contribution in [0.25, 0.3) is 0 Å². The summed E-state index contributed by atoms with van der Waals surface area (Å²) < 4.78 is 18.7. The average molecular weight is 239 g/mol. The van der Waals surface area contributed by atoms with Gasteiger partial charge in [0.1, 0.15) is 17.5 Å². The van der Waals surface area contributed by atoms with Crippen LogP contribution >= 0.6 is 0 Å². The predicted molar refractivity (Wildman–Crippen MR) is 59.8 cm³/mol. The van der Waals surface area contributed by atoms with Gasteiger partial charge in [0.2, 0.25) is 0 Å². The minimum absolute atomic E-state index is 0.262. The molecule has 0 aliphatic carbocycles. The highest BCUT2D eigenvalue weighted by atomic mass is 19.1. The molecule has 0 unspecified atom stereocenters. The van der Waals surface area contributed by atoms with Gasteiger partial charge in [-0.05, 0) is 12.1 Å². The maximum atomic E-state index is 13.3. The number of hydrogen-bond acceptors (Lipinski definition) is 4. The van der Waals surface area contributed by atoms with E-state index in [9.17, 15) is 9.18 Å². The first kappa shape index (κ1) is 11.8. The van der Waals surface area contributed by atoms with Gasteiger partial charge in [0.05, 0.1) is 6.20 Å². The molecule has 6 heteroatoms. The van der Waals surface area contributed by atoms with Crippen LogP contribution < -0.4 is 15.4 Å². The third-order valence-corrected chi connectivity index (χ3v) is 2.57. The van der Waals surface area contributed by atoms with Gasteiger partial charge in [0, 0.05) is 20.1 Å². The SMILES string of the molecule is CNC(=O)c1ccc(O[C@@H]2CNC[C@@H]2F)cn1. The molecule has 92 valence electrons. The molecule has 2 heterocycles. The number of carbonyl (C=O) groups is 1. The van der Waals surface area contributed by atoms with Crippen LogP contribution in [0.4, 0.5) is 4.39 Å². The highest BCUT2D eigenvalue weighted by Gasteiger charge is 2.28. The number of rotatable bonds is 3. The lowest BCUT2D eigenvalue weighted by atomic mass is 10.3. The second kappa shape index (κ2) is 5.09. The molecule has 1 aliphatic heterocycles. The van der Waals surface area contributed by atoms with E-state index in [2.05, 4.69) is 15.6 Å². The lowest BCUT2D eigenvalue weighted by Gasteiger charge is -2.14. The number of alkyl halides is 1. The normalized spacial score (nSPS) is 23.4. The van der Waals surface area contributed by atoms with E-state index in [-0.39, 0.29) is 5.91 Å². The first-order valence-corrected chi connectivity index (χ1v) is 5.40. The number of nitrogens with zero attached hydrogens (tertiary/aromatic N) is 1. The molecule has 0 radical (unpaired) electrons. The van der Waals surface area contributed by atoms with Gasteiger partial charge in [-0.2, -0.15) is 0 Å². The quantitative estimate of drug-likeness (QED) is 0.787. The van der Waals surface area contributed by atoms with Crippen molar-refractivity contribution in [3.8, 4) is 5.75 Å². The number of pyridine rings is 1. The van der Waals surface area contributed by atoms with E-state index in [0.717, 1.165) is 0 Å². The molecule has 2 rings (SSSR count). The number of nitrogens with one attached hydrogen (secondary N) is 2. The molecule has 17 heavy (non-hydrogen) atoms. The van der Waals surface area contributed by atoms with Gasteiger partial charge in [0.15, 0.2) is 6.17 Å². The number of hydrogen-bond donors (Lipinski definition) is 2. The van der Waals surface area contributed by atoms with E-state index < -0.39 is 12.3 Å². The predicted octanol–water partition coefficient (Wildman–Crippen LogP) is 0.130. The lowest BCUT2D eigenvalue weighted by Crippen LogP contribution is -2.27. The highest BCUT2D eigenvalue weighted by molar-refractivity contribution is 5.91. The van der Waals surface area contributed by atoms with Crippen molar-refractivity contribution in [1.29, 1.82) is 0 Å². The fourth-order valence-corrected chi connectivity index (χ4v) is 1.63. The number of carbonyl (C=O) groups excluding carboxylic acids is 1. The Morgan fingerprint density at radius 1 is 1.59 bits per heavy atom. The molecule has 1 aliphatic rings. The topological polar surface area (TPSA) is 63.2 Å². The van der Waals surface area contributed by atoms with Crippen LogP contribution in [0.2, 0.25) is 0 Å². The summed E-state index contributed by atoms with van der Waals surface area (Å²) in [6.45, 7) is 0.798. The van der Waals surface area contributed by atoms with Crippen LogP contribution in [0.15, 0.2) is 18.3 Å². The number of halogens is 1. The molecule has 2 atom stereocenters. The second-order valence-electron chi connectivity index (χ2n) is 3.79. The van der Waals surface area contributed by atoms with Gasteiger partial charge in [-0.15, -0.1) is 0 Å². The molecule has 1 aromatic rings. The Bertz CT molecular complexity index is 396. The molecule has 5 nitrogen and oxygen atoms in total. The molecule has 1 amide bonds. The van der Waals surface area contributed by atoms with Gasteiger partial charge < -0.3 is 15.4 Å². The van der Waals surface area contributed by atoms with E-state index in [1.807, 2.05) is 0 Å². The molecular formula is C11H14FN3O2. The van der Waals surface area contributed by atoms with Gasteiger partial charge >= 0.3 is 0 Å². The van der Waals surface area contributed by atoms with Gasteiger partial charge in [0.25, 0.3) is 5.91 Å². The van der Waals surface area contributed by atoms with Gasteiger partial charge in [-0.3, -0.25) is 4.79 Å². The van der Waals surface area contributed by atoms with E-state index in [1.54, 1.807) is 12.1 Å². The largest absolute Gasteiger partial charge is 0.484 e. The standard InChI is InChI=1S/C11H14FN3O2/c1-13-11(16)9-3-2-7(4-15-9)17-10-6-14-5-8(10)12/h2-4,8,10,14H,5-6H2,1H3,(H,13,16)/t8-,10+/m0/s1. The molecule has 1 fully saturated rings. The summed E-state index contributed by atoms with van der Waals surface area (Å²) in [5, 5.41) is 5.37. The van der Waals surface area contributed by atoms with E-state index in [1.165, 1.54) is 13.2 Å². The summed E-state index contributed by atoms with van der Waals surface area (Å²) in [5.74, 6) is 0.205. The van der Waals surface area contributed by atoms with Crippen molar-refractivity contribution >= 4 is 5.91 Å². The summed E-state index contributed by atoms with van der Waals surface area (Å²) in [4.78, 5) is 15.2. The van der Waals surface area contributed by atoms with Crippen molar-refractivity contribution in [3.63, 3.8) is 0 Å². The summed E-state index contributed by atoms with van der Waals surface area (Å²) >= 11 is 0. The first-order chi connectivity index (χ1) is 8.20. The molecule has 0 bridgehead atoms. The van der Waals surface area contributed by atoms with Crippen LogP contribution in [0.3, 0.4) is 0 Å². The number of aromatic nitrogens is 1. The molecule has 0 saturated carbocycles. The van der Waals surface area contributed by atoms with Crippen molar-refractivity contribution in [2.75, 3.05) is 20.1 Å². The molecule has 1 saturated heterocycles. The summed E-state index contributed by atoms with van der Waals surface area (Å²) in [7, 11) is 1.53. The number of ether oxygens (including phenoxy) is 1. The second-order valence-corrected chi connectivity index (χ2v) is 3.79. The maximum Gasteiger partial charge on any atom is 0.269 e. The zero-order chi connectivity index (χ0) is 12.3. The molecule has 2 N–H and O–H groups in total. The van der Waals surface area contributed by atoms with Crippen molar-refractivity contribution in [2.45, 2.75) is 12.3 Å². The Labute approximate surface area is 98.4 Å². The summed E-state index contributed by atoms with van der Waals surface area (Å²) in [5.41, 5.74) is 0.307. The van der Waals surface area contributed by atoms with E-state index >= 15 is 0 Å².